The fourth-order valence-corrected chi connectivity index (χ4v) is 2.98. The molecule has 9 heteroatoms. The van der Waals surface area contributed by atoms with Gasteiger partial charge < -0.3 is 10.1 Å². The number of nitrogens with one attached hydrogen (secondary N) is 1. The molecule has 0 radical (unpaired) electrons. The zero-order chi connectivity index (χ0) is 19.0. The largest absolute Gasteiger partial charge is 0.442 e. The van der Waals surface area contributed by atoms with E-state index in [4.69, 9.17) is 4.74 Å². The maximum absolute atomic E-state index is 14.7. The molecule has 8 nitrogen and oxygen atoms in total. The van der Waals surface area contributed by atoms with Crippen LogP contribution in [0.3, 0.4) is 0 Å². The number of aromatic nitrogens is 3. The van der Waals surface area contributed by atoms with E-state index in [9.17, 15) is 14.0 Å². The summed E-state index contributed by atoms with van der Waals surface area (Å²) >= 11 is 0. The number of cyclic esters (lactones) is 1. The number of rotatable bonds is 4. The van der Waals surface area contributed by atoms with Crippen molar-refractivity contribution in [2.24, 2.45) is 0 Å². The van der Waals surface area contributed by atoms with Gasteiger partial charge in [-0.2, -0.15) is 0 Å². The van der Waals surface area contributed by atoms with Crippen molar-refractivity contribution in [2.45, 2.75) is 20.5 Å². The molecule has 2 amide bonds. The van der Waals surface area contributed by atoms with Gasteiger partial charge in [0.25, 0.3) is 0 Å². The van der Waals surface area contributed by atoms with Crippen LogP contribution in [0.2, 0.25) is 0 Å². The van der Waals surface area contributed by atoms with Gasteiger partial charge in [-0.3, -0.25) is 9.69 Å². The van der Waals surface area contributed by atoms with Crippen LogP contribution in [0.5, 0.6) is 0 Å². The van der Waals surface area contributed by atoms with Crippen molar-refractivity contribution < 1.29 is 18.7 Å². The first kappa shape index (κ1) is 19.3. The van der Waals surface area contributed by atoms with E-state index in [0.717, 1.165) is 5.52 Å². The van der Waals surface area contributed by atoms with E-state index in [1.54, 1.807) is 41.2 Å². The molecule has 2 aromatic heterocycles. The third-order valence-electron chi connectivity index (χ3n) is 4.33. The van der Waals surface area contributed by atoms with Gasteiger partial charge in [0, 0.05) is 24.2 Å². The molecule has 4 rings (SSSR count). The predicted molar refractivity (Wildman–Crippen MR) is 101 cm³/mol. The average Bonchev–Trinajstić information content (AvgIpc) is 3.25. The van der Waals surface area contributed by atoms with Crippen LogP contribution in [0.15, 0.2) is 42.7 Å². The SMILES string of the molecule is C.CC(=O)NC[C@H]1CN(c2ccc(-c3ccc4cnnn4c3)c(F)c2)C(=O)O1. The summed E-state index contributed by atoms with van der Waals surface area (Å²) in [5.41, 5.74) is 2.23. The Balaban J connectivity index is 0.00000225. The Morgan fingerprint density at radius 2 is 2.18 bits per heavy atom. The summed E-state index contributed by atoms with van der Waals surface area (Å²) < 4.78 is 21.5. The quantitative estimate of drug-likeness (QED) is 0.746. The maximum Gasteiger partial charge on any atom is 0.414 e. The summed E-state index contributed by atoms with van der Waals surface area (Å²) in [6, 6.07) is 8.14. The number of benzene rings is 1. The highest BCUT2D eigenvalue weighted by Crippen LogP contribution is 2.29. The number of hydrogen-bond acceptors (Lipinski definition) is 5. The Morgan fingerprint density at radius 3 is 2.93 bits per heavy atom. The second-order valence-corrected chi connectivity index (χ2v) is 6.24. The molecule has 3 aromatic rings. The normalized spacial score (nSPS) is 16.0. The Bertz CT molecular complexity index is 1040. The summed E-state index contributed by atoms with van der Waals surface area (Å²) in [7, 11) is 0. The summed E-state index contributed by atoms with van der Waals surface area (Å²) in [6.07, 6.45) is 2.26. The van der Waals surface area contributed by atoms with E-state index in [-0.39, 0.29) is 26.4 Å². The standard InChI is InChI=1S/C18H16FN5O3.CH4/c1-11(25)20-8-15-10-23(18(26)27-15)13-4-5-16(17(19)6-13)12-2-3-14-7-21-22-24(14)9-12;/h2-7,9,15H,8,10H2,1H3,(H,20,25);1H4/t15-;/m0./s1. The van der Waals surface area contributed by atoms with Gasteiger partial charge in [0.1, 0.15) is 11.9 Å². The van der Waals surface area contributed by atoms with Gasteiger partial charge in [0.2, 0.25) is 5.91 Å². The van der Waals surface area contributed by atoms with Crippen molar-refractivity contribution in [2.75, 3.05) is 18.0 Å². The van der Waals surface area contributed by atoms with Crippen molar-refractivity contribution in [3.8, 4) is 11.1 Å². The van der Waals surface area contributed by atoms with Crippen LogP contribution in [0.25, 0.3) is 16.6 Å². The molecule has 0 saturated carbocycles. The zero-order valence-corrected chi connectivity index (χ0v) is 14.4. The van der Waals surface area contributed by atoms with Crippen LogP contribution in [-0.2, 0) is 9.53 Å². The molecule has 1 saturated heterocycles. The van der Waals surface area contributed by atoms with E-state index in [0.29, 0.717) is 16.8 Å². The smallest absolute Gasteiger partial charge is 0.414 e. The van der Waals surface area contributed by atoms with E-state index >= 15 is 0 Å². The monoisotopic (exact) mass is 385 g/mol. The van der Waals surface area contributed by atoms with Gasteiger partial charge in [-0.25, -0.2) is 13.7 Å². The van der Waals surface area contributed by atoms with Crippen LogP contribution in [0, 0.1) is 5.82 Å². The highest BCUT2D eigenvalue weighted by molar-refractivity contribution is 5.90. The number of carbonyl (C=O) groups is 2. The molecule has 146 valence electrons. The number of pyridine rings is 1. The minimum absolute atomic E-state index is 0. The molecule has 28 heavy (non-hydrogen) atoms. The average molecular weight is 385 g/mol. The lowest BCUT2D eigenvalue weighted by Crippen LogP contribution is -2.33. The van der Waals surface area contributed by atoms with Crippen LogP contribution in [0.1, 0.15) is 14.4 Å². The number of hydrogen-bond donors (Lipinski definition) is 1. The van der Waals surface area contributed by atoms with Gasteiger partial charge in [-0.1, -0.05) is 18.7 Å². The molecule has 1 aromatic carbocycles. The highest BCUT2D eigenvalue weighted by Gasteiger charge is 2.32. The summed E-state index contributed by atoms with van der Waals surface area (Å²) in [6.45, 7) is 1.85. The fourth-order valence-electron chi connectivity index (χ4n) is 2.98. The van der Waals surface area contributed by atoms with Crippen molar-refractivity contribution in [3.63, 3.8) is 0 Å². The molecule has 0 aliphatic carbocycles. The Labute approximate surface area is 160 Å². The predicted octanol–water partition coefficient (Wildman–Crippen LogP) is 2.63. The van der Waals surface area contributed by atoms with Crippen molar-refractivity contribution >= 4 is 23.2 Å². The maximum atomic E-state index is 14.7. The van der Waals surface area contributed by atoms with Crippen molar-refractivity contribution in [1.29, 1.82) is 0 Å². The van der Waals surface area contributed by atoms with Gasteiger partial charge in [-0.15, -0.1) is 5.10 Å². The second kappa shape index (κ2) is 7.63. The molecule has 1 aliphatic heterocycles. The zero-order valence-electron chi connectivity index (χ0n) is 14.4. The topological polar surface area (TPSA) is 88.8 Å². The fraction of sp³-hybridized carbons (Fsp3) is 0.263. The molecule has 0 spiro atoms. The minimum Gasteiger partial charge on any atom is -0.442 e. The Morgan fingerprint density at radius 1 is 1.36 bits per heavy atom. The summed E-state index contributed by atoms with van der Waals surface area (Å²) in [4.78, 5) is 24.4. The minimum atomic E-state index is -0.568. The number of carbonyl (C=O) groups excluding carboxylic acids is 2. The van der Waals surface area contributed by atoms with E-state index in [1.165, 1.54) is 17.9 Å². The van der Waals surface area contributed by atoms with Crippen LogP contribution >= 0.6 is 0 Å². The first-order chi connectivity index (χ1) is 13.0. The first-order valence-corrected chi connectivity index (χ1v) is 8.34. The lowest BCUT2D eigenvalue weighted by atomic mass is 10.1. The number of nitrogens with zero attached hydrogens (tertiary/aromatic N) is 4. The second-order valence-electron chi connectivity index (χ2n) is 6.24. The number of ether oxygens (including phenoxy) is 1. The number of halogens is 1. The molecule has 1 N–H and O–H groups in total. The Kier molecular flexibility index (Phi) is 5.25. The molecule has 1 atom stereocenters. The highest BCUT2D eigenvalue weighted by atomic mass is 19.1. The van der Waals surface area contributed by atoms with E-state index in [1.807, 2.05) is 0 Å². The molecular formula is C19H20FN5O3. The molecule has 1 aliphatic rings. The summed E-state index contributed by atoms with van der Waals surface area (Å²) in [5.74, 6) is -0.672. The molecule has 0 bridgehead atoms. The van der Waals surface area contributed by atoms with Crippen LogP contribution in [0.4, 0.5) is 14.9 Å². The van der Waals surface area contributed by atoms with Gasteiger partial charge >= 0.3 is 6.09 Å². The Hall–Kier alpha value is -3.49. The van der Waals surface area contributed by atoms with E-state index < -0.39 is 18.0 Å². The molecule has 1 fully saturated rings. The lowest BCUT2D eigenvalue weighted by Gasteiger charge is -2.14. The van der Waals surface area contributed by atoms with Gasteiger partial charge in [0.05, 0.1) is 30.5 Å². The van der Waals surface area contributed by atoms with Crippen LogP contribution < -0.4 is 10.2 Å². The number of fused-ring (bicyclic) bond motifs is 1. The van der Waals surface area contributed by atoms with Crippen molar-refractivity contribution in [3.05, 3.63) is 48.5 Å². The molecular weight excluding hydrogens is 365 g/mol. The van der Waals surface area contributed by atoms with Gasteiger partial charge in [-0.05, 0) is 24.3 Å². The van der Waals surface area contributed by atoms with Crippen LogP contribution in [-0.4, -0.2) is 46.0 Å². The summed E-state index contributed by atoms with van der Waals surface area (Å²) in [5, 5.41) is 10.3. The van der Waals surface area contributed by atoms with Gasteiger partial charge in [0.15, 0.2) is 0 Å². The molecule has 0 unspecified atom stereocenters. The lowest BCUT2D eigenvalue weighted by molar-refractivity contribution is -0.119. The third kappa shape index (κ3) is 3.64. The number of amides is 2. The number of anilines is 1. The molecule has 3 heterocycles. The third-order valence-corrected chi connectivity index (χ3v) is 4.33. The first-order valence-electron chi connectivity index (χ1n) is 8.34. The van der Waals surface area contributed by atoms with E-state index in [2.05, 4.69) is 15.6 Å². The van der Waals surface area contributed by atoms with Crippen molar-refractivity contribution in [1.82, 2.24) is 20.1 Å².